The summed E-state index contributed by atoms with van der Waals surface area (Å²) < 4.78 is 13.2. The molecule has 0 fully saturated rings. The molecule has 0 radical (unpaired) electrons. The first-order valence-electron chi connectivity index (χ1n) is 3.98. The quantitative estimate of drug-likeness (QED) is 0.691. The molecule has 2 nitrogen and oxygen atoms in total. The molecule has 1 aromatic rings. The van der Waals surface area contributed by atoms with Crippen molar-refractivity contribution in [2.45, 2.75) is 11.3 Å². The lowest BCUT2D eigenvalue weighted by molar-refractivity contribution is -0.115. The summed E-state index contributed by atoms with van der Waals surface area (Å²) in [6.07, 6.45) is 0.443. The SMILES string of the molecule is O=C1CCSc2c(F)cccc2N1. The highest BCUT2D eigenvalue weighted by molar-refractivity contribution is 7.99. The van der Waals surface area contributed by atoms with Gasteiger partial charge in [-0.15, -0.1) is 11.8 Å². The number of amides is 1. The molecule has 1 amide bonds. The van der Waals surface area contributed by atoms with Gasteiger partial charge in [-0.25, -0.2) is 4.39 Å². The maximum atomic E-state index is 13.2. The van der Waals surface area contributed by atoms with Gasteiger partial charge in [-0.2, -0.15) is 0 Å². The number of thioether (sulfide) groups is 1. The average Bonchev–Trinajstić information content (AvgIpc) is 2.27. The Bertz CT molecular complexity index is 353. The summed E-state index contributed by atoms with van der Waals surface area (Å²) in [4.78, 5) is 11.7. The van der Waals surface area contributed by atoms with Gasteiger partial charge in [0, 0.05) is 12.2 Å². The first kappa shape index (κ1) is 8.56. The van der Waals surface area contributed by atoms with E-state index in [9.17, 15) is 9.18 Å². The van der Waals surface area contributed by atoms with E-state index in [0.29, 0.717) is 22.8 Å². The number of fused-ring (bicyclic) bond motifs is 1. The van der Waals surface area contributed by atoms with E-state index >= 15 is 0 Å². The van der Waals surface area contributed by atoms with Gasteiger partial charge < -0.3 is 5.32 Å². The van der Waals surface area contributed by atoms with E-state index in [-0.39, 0.29) is 11.7 Å². The molecule has 0 atom stereocenters. The molecule has 13 heavy (non-hydrogen) atoms. The van der Waals surface area contributed by atoms with Crippen LogP contribution in [0.5, 0.6) is 0 Å². The molecule has 0 aliphatic carbocycles. The van der Waals surface area contributed by atoms with Crippen molar-refractivity contribution in [3.63, 3.8) is 0 Å². The largest absolute Gasteiger partial charge is 0.325 e. The second-order valence-corrected chi connectivity index (χ2v) is 3.87. The van der Waals surface area contributed by atoms with Crippen molar-refractivity contribution >= 4 is 23.4 Å². The van der Waals surface area contributed by atoms with E-state index < -0.39 is 0 Å². The maximum Gasteiger partial charge on any atom is 0.225 e. The Labute approximate surface area is 79.5 Å². The third-order valence-corrected chi connectivity index (χ3v) is 2.93. The zero-order valence-electron chi connectivity index (χ0n) is 6.84. The summed E-state index contributed by atoms with van der Waals surface area (Å²) in [6.45, 7) is 0. The Balaban J connectivity index is 2.45. The van der Waals surface area contributed by atoms with Crippen molar-refractivity contribution in [2.75, 3.05) is 11.1 Å². The molecule has 1 N–H and O–H groups in total. The molecular formula is C9H8FNOS. The summed E-state index contributed by atoms with van der Waals surface area (Å²) in [5, 5.41) is 2.66. The van der Waals surface area contributed by atoms with Crippen LogP contribution in [-0.2, 0) is 4.79 Å². The lowest BCUT2D eigenvalue weighted by Crippen LogP contribution is -2.10. The van der Waals surface area contributed by atoms with Crippen molar-refractivity contribution in [2.24, 2.45) is 0 Å². The minimum atomic E-state index is -0.260. The fourth-order valence-corrected chi connectivity index (χ4v) is 2.18. The number of nitrogens with one attached hydrogen (secondary N) is 1. The van der Waals surface area contributed by atoms with Crippen LogP contribution in [0.2, 0.25) is 0 Å². The van der Waals surface area contributed by atoms with Gasteiger partial charge >= 0.3 is 0 Å². The lowest BCUT2D eigenvalue weighted by Gasteiger charge is -2.05. The van der Waals surface area contributed by atoms with Crippen LogP contribution < -0.4 is 5.32 Å². The second kappa shape index (κ2) is 3.38. The number of carbonyl (C=O) groups excluding carboxylic acids is 1. The molecule has 0 saturated heterocycles. The van der Waals surface area contributed by atoms with Gasteiger partial charge in [0.1, 0.15) is 5.82 Å². The fraction of sp³-hybridized carbons (Fsp3) is 0.222. The Morgan fingerprint density at radius 2 is 2.31 bits per heavy atom. The second-order valence-electron chi connectivity index (χ2n) is 2.76. The number of hydrogen-bond donors (Lipinski definition) is 1. The molecule has 1 aliphatic rings. The van der Waals surface area contributed by atoms with E-state index in [1.807, 2.05) is 0 Å². The van der Waals surface area contributed by atoms with Gasteiger partial charge in [0.2, 0.25) is 5.91 Å². The van der Waals surface area contributed by atoms with Gasteiger partial charge in [-0.1, -0.05) is 6.07 Å². The predicted molar refractivity (Wildman–Crippen MR) is 50.4 cm³/mol. The zero-order chi connectivity index (χ0) is 9.26. The van der Waals surface area contributed by atoms with Crippen LogP contribution in [0, 0.1) is 5.82 Å². The number of halogens is 1. The van der Waals surface area contributed by atoms with Crippen LogP contribution in [0.25, 0.3) is 0 Å². The van der Waals surface area contributed by atoms with E-state index in [2.05, 4.69) is 5.32 Å². The normalized spacial score (nSPS) is 15.9. The minimum absolute atomic E-state index is 0.0446. The number of hydrogen-bond acceptors (Lipinski definition) is 2. The Morgan fingerprint density at radius 1 is 1.46 bits per heavy atom. The highest BCUT2D eigenvalue weighted by Crippen LogP contribution is 2.32. The van der Waals surface area contributed by atoms with Crippen molar-refractivity contribution < 1.29 is 9.18 Å². The van der Waals surface area contributed by atoms with Crippen LogP contribution in [0.15, 0.2) is 23.1 Å². The first-order valence-corrected chi connectivity index (χ1v) is 4.97. The van der Waals surface area contributed by atoms with Crippen LogP contribution in [0.3, 0.4) is 0 Å². The highest BCUT2D eigenvalue weighted by Gasteiger charge is 2.15. The fourth-order valence-electron chi connectivity index (χ4n) is 1.21. The van der Waals surface area contributed by atoms with E-state index in [4.69, 9.17) is 0 Å². The van der Waals surface area contributed by atoms with E-state index in [1.54, 1.807) is 12.1 Å². The number of anilines is 1. The standard InChI is InChI=1S/C9H8FNOS/c10-6-2-1-3-7-9(6)13-5-4-8(12)11-7/h1-3H,4-5H2,(H,11,12). The van der Waals surface area contributed by atoms with Crippen molar-refractivity contribution in [3.8, 4) is 0 Å². The molecule has 0 saturated carbocycles. The maximum absolute atomic E-state index is 13.2. The van der Waals surface area contributed by atoms with Gasteiger partial charge in [0.05, 0.1) is 10.6 Å². The molecule has 0 bridgehead atoms. The summed E-state index contributed by atoms with van der Waals surface area (Å²) in [5.41, 5.74) is 0.590. The van der Waals surface area contributed by atoms with Crippen LogP contribution >= 0.6 is 11.8 Å². The number of carbonyl (C=O) groups is 1. The number of rotatable bonds is 0. The molecule has 2 rings (SSSR count). The van der Waals surface area contributed by atoms with Gasteiger partial charge in [-0.05, 0) is 12.1 Å². The molecule has 0 unspecified atom stereocenters. The summed E-state index contributed by atoms with van der Waals surface area (Å²) in [6, 6.07) is 4.72. The molecule has 0 aromatic heterocycles. The van der Waals surface area contributed by atoms with Gasteiger partial charge in [0.25, 0.3) is 0 Å². The molecule has 1 heterocycles. The molecule has 1 aromatic carbocycles. The predicted octanol–water partition coefficient (Wildman–Crippen LogP) is 2.26. The molecule has 0 spiro atoms. The molecular weight excluding hydrogens is 189 g/mol. The summed E-state index contributed by atoms with van der Waals surface area (Å²) in [5.74, 6) is 0.335. The number of benzene rings is 1. The van der Waals surface area contributed by atoms with E-state index in [0.717, 1.165) is 0 Å². The molecule has 1 aliphatic heterocycles. The van der Waals surface area contributed by atoms with Crippen LogP contribution in [-0.4, -0.2) is 11.7 Å². The third-order valence-electron chi connectivity index (χ3n) is 1.82. The first-order chi connectivity index (χ1) is 6.27. The average molecular weight is 197 g/mol. The highest BCUT2D eigenvalue weighted by atomic mass is 32.2. The van der Waals surface area contributed by atoms with Crippen molar-refractivity contribution in [1.29, 1.82) is 0 Å². The Morgan fingerprint density at radius 3 is 3.15 bits per heavy atom. The van der Waals surface area contributed by atoms with Crippen LogP contribution in [0.4, 0.5) is 10.1 Å². The van der Waals surface area contributed by atoms with Gasteiger partial charge in [-0.3, -0.25) is 4.79 Å². The van der Waals surface area contributed by atoms with Crippen molar-refractivity contribution in [3.05, 3.63) is 24.0 Å². The minimum Gasteiger partial charge on any atom is -0.325 e. The molecule has 68 valence electrons. The third kappa shape index (κ3) is 1.67. The summed E-state index contributed by atoms with van der Waals surface area (Å²) in [7, 11) is 0. The topological polar surface area (TPSA) is 29.1 Å². The monoisotopic (exact) mass is 197 g/mol. The molecule has 4 heteroatoms. The smallest absolute Gasteiger partial charge is 0.225 e. The van der Waals surface area contributed by atoms with Crippen molar-refractivity contribution in [1.82, 2.24) is 0 Å². The Hall–Kier alpha value is -1.03. The van der Waals surface area contributed by atoms with E-state index in [1.165, 1.54) is 17.8 Å². The Kier molecular flexibility index (Phi) is 2.22. The lowest BCUT2D eigenvalue weighted by atomic mass is 10.3. The van der Waals surface area contributed by atoms with Gasteiger partial charge in [0.15, 0.2) is 0 Å². The van der Waals surface area contributed by atoms with Crippen LogP contribution in [0.1, 0.15) is 6.42 Å². The zero-order valence-corrected chi connectivity index (χ0v) is 7.66. The summed E-state index contributed by atoms with van der Waals surface area (Å²) >= 11 is 1.38.